The predicted octanol–water partition coefficient (Wildman–Crippen LogP) is 2.82. The highest BCUT2D eigenvalue weighted by Gasteiger charge is 2.14. The van der Waals surface area contributed by atoms with Crippen molar-refractivity contribution in [2.45, 2.75) is 19.3 Å². The molecular formula is C12H11NO4. The molecule has 5 heteroatoms. The Morgan fingerprint density at radius 1 is 1.29 bits per heavy atom. The molecule has 0 fully saturated rings. The highest BCUT2D eigenvalue weighted by molar-refractivity contribution is 5.90. The van der Waals surface area contributed by atoms with Crippen molar-refractivity contribution in [1.82, 2.24) is 0 Å². The lowest BCUT2D eigenvalue weighted by molar-refractivity contribution is -0.384. The Labute approximate surface area is 97.9 Å². The first-order valence-corrected chi connectivity index (χ1v) is 5.32. The quantitative estimate of drug-likeness (QED) is 0.457. The van der Waals surface area contributed by atoms with Gasteiger partial charge in [0.25, 0.3) is 5.69 Å². The molecule has 1 aromatic rings. The van der Waals surface area contributed by atoms with E-state index < -0.39 is 10.9 Å². The van der Waals surface area contributed by atoms with Crippen molar-refractivity contribution >= 4 is 11.7 Å². The minimum atomic E-state index is -0.505. The van der Waals surface area contributed by atoms with E-state index in [1.54, 1.807) is 0 Å². The van der Waals surface area contributed by atoms with E-state index >= 15 is 0 Å². The molecule has 0 aromatic heterocycles. The summed E-state index contributed by atoms with van der Waals surface area (Å²) < 4.78 is 5.15. The molecule has 0 radical (unpaired) electrons. The molecule has 0 spiro atoms. The van der Waals surface area contributed by atoms with Gasteiger partial charge < -0.3 is 4.74 Å². The second-order valence-electron chi connectivity index (χ2n) is 3.76. The summed E-state index contributed by atoms with van der Waals surface area (Å²) in [5.74, 6) is 0.224. The lowest BCUT2D eigenvalue weighted by Gasteiger charge is -2.04. The summed E-state index contributed by atoms with van der Waals surface area (Å²) in [6.45, 7) is 0. The molecular weight excluding hydrogens is 222 g/mol. The second-order valence-corrected chi connectivity index (χ2v) is 3.76. The maximum Gasteiger partial charge on any atom is 0.343 e. The minimum absolute atomic E-state index is 0.0402. The largest absolute Gasteiger partial charge is 0.428 e. The first kappa shape index (κ1) is 11.3. The van der Waals surface area contributed by atoms with Crippen LogP contribution in [0.4, 0.5) is 5.69 Å². The van der Waals surface area contributed by atoms with Gasteiger partial charge in [-0.3, -0.25) is 10.1 Å². The van der Waals surface area contributed by atoms with Crippen LogP contribution in [0.25, 0.3) is 0 Å². The summed E-state index contributed by atoms with van der Waals surface area (Å²) in [6, 6.07) is 5.38. The third-order valence-electron chi connectivity index (χ3n) is 2.54. The Kier molecular flexibility index (Phi) is 3.18. The average molecular weight is 233 g/mol. The highest BCUT2D eigenvalue weighted by atomic mass is 16.6. The van der Waals surface area contributed by atoms with Gasteiger partial charge in [-0.05, 0) is 31.1 Å². The lowest BCUT2D eigenvalue weighted by Crippen LogP contribution is -2.04. The summed E-state index contributed by atoms with van der Waals surface area (Å²) in [5, 5.41) is 10.4. The minimum Gasteiger partial charge on any atom is -0.428 e. The molecule has 2 rings (SSSR count). The topological polar surface area (TPSA) is 69.4 Å². The Balaban J connectivity index is 2.06. The van der Waals surface area contributed by atoms with Crippen LogP contribution in [0, 0.1) is 10.1 Å². The number of nitro groups is 1. The number of esters is 1. The Bertz CT molecular complexity index is 476. The fourth-order valence-electron chi connectivity index (χ4n) is 1.63. The number of non-ortho nitro benzene ring substituents is 1. The van der Waals surface area contributed by atoms with Crippen molar-refractivity contribution in [1.29, 1.82) is 0 Å². The van der Waals surface area contributed by atoms with Gasteiger partial charge >= 0.3 is 5.97 Å². The van der Waals surface area contributed by atoms with Gasteiger partial charge in [-0.2, -0.15) is 0 Å². The first-order chi connectivity index (χ1) is 8.16. The monoisotopic (exact) mass is 233 g/mol. The second kappa shape index (κ2) is 4.78. The van der Waals surface area contributed by atoms with Gasteiger partial charge in [-0.15, -0.1) is 0 Å². The zero-order valence-electron chi connectivity index (χ0n) is 9.09. The van der Waals surface area contributed by atoms with Crippen molar-refractivity contribution < 1.29 is 14.5 Å². The number of nitrogens with zero attached hydrogens (tertiary/aromatic N) is 1. The number of rotatable bonds is 3. The van der Waals surface area contributed by atoms with Crippen molar-refractivity contribution in [3.05, 3.63) is 51.8 Å². The van der Waals surface area contributed by atoms with E-state index in [1.807, 2.05) is 6.08 Å². The van der Waals surface area contributed by atoms with Gasteiger partial charge in [0.15, 0.2) is 0 Å². The molecule has 17 heavy (non-hydrogen) atoms. The molecule has 0 N–H and O–H groups in total. The summed E-state index contributed by atoms with van der Waals surface area (Å²) in [4.78, 5) is 21.6. The standard InChI is InChI=1S/C12H11NO4/c14-12(17-11-3-1-2-4-11)9-5-7-10(8-6-9)13(15)16/h3,5-8H,1-2,4H2. The Morgan fingerprint density at radius 3 is 2.53 bits per heavy atom. The molecule has 0 saturated heterocycles. The number of ether oxygens (including phenoxy) is 1. The Morgan fingerprint density at radius 2 is 2.00 bits per heavy atom. The van der Waals surface area contributed by atoms with Gasteiger partial charge in [0.2, 0.25) is 0 Å². The van der Waals surface area contributed by atoms with Gasteiger partial charge in [-0.1, -0.05) is 0 Å². The molecule has 0 bridgehead atoms. The smallest absolute Gasteiger partial charge is 0.343 e. The zero-order valence-corrected chi connectivity index (χ0v) is 9.09. The van der Waals surface area contributed by atoms with E-state index in [9.17, 15) is 14.9 Å². The number of hydrogen-bond acceptors (Lipinski definition) is 4. The predicted molar refractivity (Wildman–Crippen MR) is 60.4 cm³/mol. The number of carbonyl (C=O) groups is 1. The van der Waals surface area contributed by atoms with E-state index in [4.69, 9.17) is 4.74 Å². The van der Waals surface area contributed by atoms with Crippen molar-refractivity contribution in [3.63, 3.8) is 0 Å². The summed E-state index contributed by atoms with van der Waals surface area (Å²) in [6.07, 6.45) is 4.60. The maximum absolute atomic E-state index is 11.6. The van der Waals surface area contributed by atoms with E-state index in [0.717, 1.165) is 19.3 Å². The molecule has 88 valence electrons. The van der Waals surface area contributed by atoms with Gasteiger partial charge in [0, 0.05) is 18.6 Å². The molecule has 1 aromatic carbocycles. The lowest BCUT2D eigenvalue weighted by atomic mass is 10.2. The molecule has 0 atom stereocenters. The van der Waals surface area contributed by atoms with Crippen LogP contribution < -0.4 is 0 Å². The number of allylic oxidation sites excluding steroid dienone is 2. The first-order valence-electron chi connectivity index (χ1n) is 5.32. The van der Waals surface area contributed by atoms with E-state index in [2.05, 4.69) is 0 Å². The maximum atomic E-state index is 11.6. The number of nitro benzene ring substituents is 1. The third-order valence-corrected chi connectivity index (χ3v) is 2.54. The summed E-state index contributed by atoms with van der Waals surface area (Å²) >= 11 is 0. The number of benzene rings is 1. The van der Waals surface area contributed by atoms with Crippen molar-refractivity contribution in [2.75, 3.05) is 0 Å². The SMILES string of the molecule is O=C(OC1=CCCC1)c1ccc([N+](=O)[O-])cc1. The fraction of sp³-hybridized carbons (Fsp3) is 0.250. The van der Waals surface area contributed by atoms with Crippen LogP contribution in [0.1, 0.15) is 29.6 Å². The molecule has 1 aliphatic rings. The van der Waals surface area contributed by atoms with E-state index in [0.29, 0.717) is 11.3 Å². The molecule has 0 aliphatic heterocycles. The molecule has 0 amide bonds. The van der Waals surface area contributed by atoms with Crippen LogP contribution in [-0.4, -0.2) is 10.9 Å². The van der Waals surface area contributed by atoms with Crippen LogP contribution in [0.15, 0.2) is 36.1 Å². The van der Waals surface area contributed by atoms with Gasteiger partial charge in [0.05, 0.1) is 10.5 Å². The third kappa shape index (κ3) is 2.69. The number of carbonyl (C=O) groups excluding carboxylic acids is 1. The van der Waals surface area contributed by atoms with E-state index in [1.165, 1.54) is 24.3 Å². The summed E-state index contributed by atoms with van der Waals surface area (Å²) in [5.41, 5.74) is 0.282. The Hall–Kier alpha value is -2.17. The van der Waals surface area contributed by atoms with Crippen LogP contribution >= 0.6 is 0 Å². The highest BCUT2D eigenvalue weighted by Crippen LogP contribution is 2.20. The molecule has 0 saturated carbocycles. The van der Waals surface area contributed by atoms with Crippen LogP contribution in [-0.2, 0) is 4.74 Å². The molecule has 5 nitrogen and oxygen atoms in total. The summed E-state index contributed by atoms with van der Waals surface area (Å²) in [7, 11) is 0. The number of hydrogen-bond donors (Lipinski definition) is 0. The molecule has 0 heterocycles. The molecule has 0 unspecified atom stereocenters. The van der Waals surface area contributed by atoms with Crippen molar-refractivity contribution in [3.8, 4) is 0 Å². The fourth-order valence-corrected chi connectivity index (χ4v) is 1.63. The van der Waals surface area contributed by atoms with Gasteiger partial charge in [0.1, 0.15) is 5.76 Å². The molecule has 1 aliphatic carbocycles. The zero-order chi connectivity index (χ0) is 12.3. The van der Waals surface area contributed by atoms with E-state index in [-0.39, 0.29) is 5.69 Å². The van der Waals surface area contributed by atoms with Gasteiger partial charge in [-0.25, -0.2) is 4.79 Å². The normalized spacial score (nSPS) is 14.2. The van der Waals surface area contributed by atoms with Crippen LogP contribution in [0.2, 0.25) is 0 Å². The van der Waals surface area contributed by atoms with Crippen LogP contribution in [0.3, 0.4) is 0 Å². The average Bonchev–Trinajstić information content (AvgIpc) is 2.82. The van der Waals surface area contributed by atoms with Crippen molar-refractivity contribution in [2.24, 2.45) is 0 Å². The van der Waals surface area contributed by atoms with Crippen LogP contribution in [0.5, 0.6) is 0 Å².